The molecule has 1 aromatic heterocycles. The third-order valence-electron chi connectivity index (χ3n) is 3.25. The fourth-order valence-electron chi connectivity index (χ4n) is 2.05. The van der Waals surface area contributed by atoms with E-state index in [-0.39, 0.29) is 12.5 Å². The third-order valence-corrected chi connectivity index (χ3v) is 4.27. The average molecular weight is 303 g/mol. The van der Waals surface area contributed by atoms with Crippen LogP contribution in [0.5, 0.6) is 0 Å². The van der Waals surface area contributed by atoms with Crippen LogP contribution in [0.4, 0.5) is 0 Å². The Hall–Kier alpha value is -2.14. The van der Waals surface area contributed by atoms with Crippen LogP contribution in [0.3, 0.4) is 0 Å². The van der Waals surface area contributed by atoms with Gasteiger partial charge in [-0.3, -0.25) is 9.59 Å². The largest absolute Gasteiger partial charge is 0.481 e. The summed E-state index contributed by atoms with van der Waals surface area (Å²) in [4.78, 5) is 24.0. The lowest BCUT2D eigenvalue weighted by Gasteiger charge is -2.13. The van der Waals surface area contributed by atoms with Crippen LogP contribution in [-0.4, -0.2) is 23.5 Å². The summed E-state index contributed by atoms with van der Waals surface area (Å²) >= 11 is 1.36. The molecule has 2 rings (SSSR count). The van der Waals surface area contributed by atoms with Gasteiger partial charge in [-0.1, -0.05) is 30.3 Å². The fraction of sp³-hybridized carbons (Fsp3) is 0.250. The number of carbonyl (C=O) groups is 2. The predicted octanol–water partition coefficient (Wildman–Crippen LogP) is 2.73. The van der Waals surface area contributed by atoms with Gasteiger partial charge in [0.25, 0.3) is 5.91 Å². The Balaban J connectivity index is 1.96. The Bertz CT molecular complexity index is 621. The summed E-state index contributed by atoms with van der Waals surface area (Å²) in [7, 11) is 0. The van der Waals surface area contributed by atoms with Gasteiger partial charge in [-0.05, 0) is 35.9 Å². The Morgan fingerprint density at radius 3 is 2.52 bits per heavy atom. The lowest BCUT2D eigenvalue weighted by Crippen LogP contribution is -2.34. The van der Waals surface area contributed by atoms with E-state index in [1.54, 1.807) is 0 Å². The minimum atomic E-state index is -0.901. The number of aryl methyl sites for hydroxylation is 1. The Kier molecular flexibility index (Phi) is 5.11. The van der Waals surface area contributed by atoms with Gasteiger partial charge in [0.15, 0.2) is 0 Å². The maximum absolute atomic E-state index is 12.0. The average Bonchev–Trinajstić information content (AvgIpc) is 2.90. The van der Waals surface area contributed by atoms with Crippen molar-refractivity contribution in [1.29, 1.82) is 0 Å². The van der Waals surface area contributed by atoms with Gasteiger partial charge in [-0.15, -0.1) is 11.3 Å². The summed E-state index contributed by atoms with van der Waals surface area (Å²) in [5.41, 5.74) is 1.86. The van der Waals surface area contributed by atoms with Gasteiger partial charge in [-0.2, -0.15) is 0 Å². The van der Waals surface area contributed by atoms with Gasteiger partial charge < -0.3 is 10.4 Å². The molecule has 0 fully saturated rings. The zero-order valence-corrected chi connectivity index (χ0v) is 12.5. The van der Waals surface area contributed by atoms with Crippen LogP contribution in [0.15, 0.2) is 41.8 Å². The summed E-state index contributed by atoms with van der Waals surface area (Å²) < 4.78 is 0. The van der Waals surface area contributed by atoms with Gasteiger partial charge in [0.05, 0.1) is 10.8 Å². The van der Waals surface area contributed by atoms with Crippen LogP contribution in [-0.2, 0) is 11.2 Å². The third kappa shape index (κ3) is 4.16. The van der Waals surface area contributed by atoms with Crippen LogP contribution in [0.2, 0.25) is 0 Å². The monoisotopic (exact) mass is 303 g/mol. The molecule has 0 aliphatic rings. The number of nitrogens with one attached hydrogen (secondary N) is 1. The molecule has 110 valence electrons. The van der Waals surface area contributed by atoms with Crippen LogP contribution >= 0.6 is 11.3 Å². The van der Waals surface area contributed by atoms with E-state index in [4.69, 9.17) is 0 Å². The number of carboxylic acids is 1. The van der Waals surface area contributed by atoms with Crippen LogP contribution in [0, 0.1) is 12.8 Å². The van der Waals surface area contributed by atoms with E-state index < -0.39 is 11.9 Å². The number of aliphatic carboxylic acids is 1. The van der Waals surface area contributed by atoms with E-state index >= 15 is 0 Å². The smallest absolute Gasteiger partial charge is 0.308 e. The lowest BCUT2D eigenvalue weighted by molar-refractivity contribution is -0.141. The van der Waals surface area contributed by atoms with Crippen molar-refractivity contribution in [2.24, 2.45) is 5.92 Å². The first kappa shape index (κ1) is 15.3. The van der Waals surface area contributed by atoms with E-state index in [1.807, 2.05) is 48.7 Å². The first-order valence-corrected chi connectivity index (χ1v) is 7.55. The zero-order chi connectivity index (χ0) is 15.2. The maximum atomic E-state index is 12.0. The Labute approximate surface area is 127 Å². The van der Waals surface area contributed by atoms with E-state index in [2.05, 4.69) is 5.32 Å². The topological polar surface area (TPSA) is 66.4 Å². The van der Waals surface area contributed by atoms with Crippen molar-refractivity contribution in [1.82, 2.24) is 5.32 Å². The molecule has 5 heteroatoms. The summed E-state index contributed by atoms with van der Waals surface area (Å²) in [5, 5.41) is 13.9. The van der Waals surface area contributed by atoms with Crippen LogP contribution in [0.25, 0.3) is 0 Å². The molecule has 0 radical (unpaired) electrons. The van der Waals surface area contributed by atoms with E-state index in [1.165, 1.54) is 11.3 Å². The molecule has 1 unspecified atom stereocenters. The summed E-state index contributed by atoms with van der Waals surface area (Å²) in [6.45, 7) is 1.99. The first-order chi connectivity index (χ1) is 10.1. The molecule has 0 aliphatic carbocycles. The summed E-state index contributed by atoms with van der Waals surface area (Å²) in [6.07, 6.45) is 0.403. The molecular formula is C16H17NO3S. The van der Waals surface area contributed by atoms with Gasteiger partial charge >= 0.3 is 5.97 Å². The van der Waals surface area contributed by atoms with Gasteiger partial charge in [0, 0.05) is 6.54 Å². The van der Waals surface area contributed by atoms with Crippen molar-refractivity contribution in [2.75, 3.05) is 6.54 Å². The van der Waals surface area contributed by atoms with Gasteiger partial charge in [0.2, 0.25) is 0 Å². The molecule has 1 amide bonds. The summed E-state index contributed by atoms with van der Waals surface area (Å²) in [6, 6.07) is 11.3. The van der Waals surface area contributed by atoms with Crippen molar-refractivity contribution in [3.63, 3.8) is 0 Å². The second-order valence-electron chi connectivity index (χ2n) is 4.87. The molecule has 0 bridgehead atoms. The highest BCUT2D eigenvalue weighted by Crippen LogP contribution is 2.15. The Morgan fingerprint density at radius 2 is 1.95 bits per heavy atom. The molecule has 0 saturated carbocycles. The number of rotatable bonds is 6. The Morgan fingerprint density at radius 1 is 1.24 bits per heavy atom. The van der Waals surface area contributed by atoms with E-state index in [0.29, 0.717) is 11.3 Å². The van der Waals surface area contributed by atoms with Crippen molar-refractivity contribution in [3.8, 4) is 0 Å². The molecule has 1 heterocycles. The predicted molar refractivity (Wildman–Crippen MR) is 82.7 cm³/mol. The molecule has 1 atom stereocenters. The SMILES string of the molecule is Cc1ccsc1C(=O)NCC(Cc1ccccc1)C(=O)O. The molecule has 0 spiro atoms. The maximum Gasteiger partial charge on any atom is 0.308 e. The number of amides is 1. The van der Waals surface area contributed by atoms with Crippen LogP contribution in [0.1, 0.15) is 20.8 Å². The number of thiophene rings is 1. The van der Waals surface area contributed by atoms with Crippen LogP contribution < -0.4 is 5.32 Å². The highest BCUT2D eigenvalue weighted by molar-refractivity contribution is 7.12. The minimum Gasteiger partial charge on any atom is -0.481 e. The molecule has 0 aliphatic heterocycles. The van der Waals surface area contributed by atoms with Crippen molar-refractivity contribution in [2.45, 2.75) is 13.3 Å². The number of carbonyl (C=O) groups excluding carboxylic acids is 1. The quantitative estimate of drug-likeness (QED) is 0.862. The van der Waals surface area contributed by atoms with Crippen molar-refractivity contribution < 1.29 is 14.7 Å². The molecule has 2 aromatic rings. The standard InChI is InChI=1S/C16H17NO3S/c1-11-7-8-21-14(11)15(18)17-10-13(16(19)20)9-12-5-3-2-4-6-12/h2-8,13H,9-10H2,1H3,(H,17,18)(H,19,20). The summed E-state index contributed by atoms with van der Waals surface area (Å²) in [5.74, 6) is -1.74. The molecule has 2 N–H and O–H groups in total. The minimum absolute atomic E-state index is 0.125. The van der Waals surface area contributed by atoms with Crippen molar-refractivity contribution in [3.05, 3.63) is 57.8 Å². The normalized spacial score (nSPS) is 11.9. The van der Waals surface area contributed by atoms with E-state index in [0.717, 1.165) is 11.1 Å². The number of hydrogen-bond acceptors (Lipinski definition) is 3. The molecular weight excluding hydrogens is 286 g/mol. The molecule has 4 nitrogen and oxygen atoms in total. The van der Waals surface area contributed by atoms with Gasteiger partial charge in [-0.25, -0.2) is 0 Å². The second kappa shape index (κ2) is 7.04. The molecule has 1 aromatic carbocycles. The number of carboxylic acid groups (broad SMARTS) is 1. The van der Waals surface area contributed by atoms with Crippen molar-refractivity contribution >= 4 is 23.2 Å². The molecule has 21 heavy (non-hydrogen) atoms. The zero-order valence-electron chi connectivity index (χ0n) is 11.7. The first-order valence-electron chi connectivity index (χ1n) is 6.67. The second-order valence-corrected chi connectivity index (χ2v) is 5.78. The number of benzene rings is 1. The fourth-order valence-corrected chi connectivity index (χ4v) is 2.89. The highest BCUT2D eigenvalue weighted by Gasteiger charge is 2.20. The highest BCUT2D eigenvalue weighted by atomic mass is 32.1. The van der Waals surface area contributed by atoms with Gasteiger partial charge in [0.1, 0.15) is 0 Å². The molecule has 0 saturated heterocycles. The lowest BCUT2D eigenvalue weighted by atomic mass is 9.99. The van der Waals surface area contributed by atoms with E-state index in [9.17, 15) is 14.7 Å². The number of hydrogen-bond donors (Lipinski definition) is 2.